The van der Waals surface area contributed by atoms with Crippen molar-refractivity contribution in [2.24, 2.45) is 5.92 Å². The van der Waals surface area contributed by atoms with Gasteiger partial charge < -0.3 is 4.90 Å². The van der Waals surface area contributed by atoms with Gasteiger partial charge in [0.15, 0.2) is 0 Å². The van der Waals surface area contributed by atoms with E-state index < -0.39 is 0 Å². The third-order valence-electron chi connectivity index (χ3n) is 5.56. The Kier molecular flexibility index (Phi) is 5.45. The summed E-state index contributed by atoms with van der Waals surface area (Å²) >= 11 is 1.52. The number of halogens is 1. The van der Waals surface area contributed by atoms with E-state index in [1.54, 1.807) is 6.20 Å². The molecule has 3 aliphatic heterocycles. The minimum Gasteiger partial charge on any atom is -0.334 e. The zero-order valence-corrected chi connectivity index (χ0v) is 16.3. The topological polar surface area (TPSA) is 36.4 Å². The summed E-state index contributed by atoms with van der Waals surface area (Å²) in [5, 5.41) is 0.797. The van der Waals surface area contributed by atoms with Crippen LogP contribution in [-0.4, -0.2) is 52.6 Å². The van der Waals surface area contributed by atoms with Crippen molar-refractivity contribution in [3.05, 3.63) is 59.5 Å². The molecule has 2 atom stereocenters. The fourth-order valence-electron chi connectivity index (χ4n) is 4.28. The number of carbonyl (C=O) groups is 1. The van der Waals surface area contributed by atoms with Gasteiger partial charge >= 0.3 is 0 Å². The van der Waals surface area contributed by atoms with Gasteiger partial charge in [-0.05, 0) is 54.8 Å². The van der Waals surface area contributed by atoms with Crippen LogP contribution in [0.15, 0.2) is 47.6 Å². The molecule has 0 aliphatic carbocycles. The van der Waals surface area contributed by atoms with Crippen molar-refractivity contribution in [3.63, 3.8) is 0 Å². The van der Waals surface area contributed by atoms with Crippen molar-refractivity contribution in [2.75, 3.05) is 25.9 Å². The first-order valence-corrected chi connectivity index (χ1v) is 10.6. The maximum atomic E-state index is 13.2. The molecule has 142 valence electrons. The molecule has 6 heteroatoms. The smallest absolute Gasteiger partial charge is 0.256 e. The molecule has 1 aromatic carbocycles. The molecule has 0 saturated carbocycles. The first kappa shape index (κ1) is 18.4. The molecule has 0 radical (unpaired) electrons. The lowest BCUT2D eigenvalue weighted by Gasteiger charge is -2.36. The molecule has 1 aromatic heterocycles. The minimum absolute atomic E-state index is 0.103. The van der Waals surface area contributed by atoms with Crippen LogP contribution in [0, 0.1) is 11.7 Å². The molecule has 5 rings (SSSR count). The van der Waals surface area contributed by atoms with E-state index in [2.05, 4.69) is 14.8 Å². The number of thioether (sulfide) groups is 1. The van der Waals surface area contributed by atoms with Crippen molar-refractivity contribution >= 4 is 17.7 Å². The molecule has 4 nitrogen and oxygen atoms in total. The number of benzene rings is 1. The second-order valence-corrected chi connectivity index (χ2v) is 8.23. The van der Waals surface area contributed by atoms with Gasteiger partial charge in [0.1, 0.15) is 10.8 Å². The van der Waals surface area contributed by atoms with E-state index in [4.69, 9.17) is 0 Å². The highest BCUT2D eigenvalue weighted by Gasteiger charge is 2.37. The molecular formula is C21H24FN3OS. The predicted molar refractivity (Wildman–Crippen MR) is 105 cm³/mol. The Morgan fingerprint density at radius 2 is 2.00 bits per heavy atom. The summed E-state index contributed by atoms with van der Waals surface area (Å²) in [5.41, 5.74) is 1.83. The molecule has 0 N–H and O–H groups in total. The van der Waals surface area contributed by atoms with E-state index in [0.717, 1.165) is 49.6 Å². The van der Waals surface area contributed by atoms with Crippen LogP contribution in [0.5, 0.6) is 0 Å². The Hall–Kier alpha value is -1.92. The summed E-state index contributed by atoms with van der Waals surface area (Å²) < 4.78 is 13.2. The van der Waals surface area contributed by atoms with Crippen LogP contribution in [0.1, 0.15) is 28.8 Å². The maximum absolute atomic E-state index is 13.2. The van der Waals surface area contributed by atoms with Crippen LogP contribution in [0.2, 0.25) is 0 Å². The van der Waals surface area contributed by atoms with Gasteiger partial charge in [-0.15, -0.1) is 11.8 Å². The Morgan fingerprint density at radius 1 is 1.19 bits per heavy atom. The molecule has 4 heterocycles. The fourth-order valence-corrected chi connectivity index (χ4v) is 4.82. The van der Waals surface area contributed by atoms with Gasteiger partial charge in [-0.3, -0.25) is 9.69 Å². The molecule has 27 heavy (non-hydrogen) atoms. The monoisotopic (exact) mass is 385 g/mol. The second kappa shape index (κ2) is 7.98. The number of fused-ring (bicyclic) bond motifs is 4. The fraction of sp³-hybridized carbons (Fsp3) is 0.429. The average molecular weight is 386 g/mol. The largest absolute Gasteiger partial charge is 0.334 e. The molecule has 2 aromatic rings. The normalized spacial score (nSPS) is 22.7. The number of pyridine rings is 1. The van der Waals surface area contributed by atoms with Crippen molar-refractivity contribution in [1.29, 1.82) is 0 Å². The van der Waals surface area contributed by atoms with Crippen molar-refractivity contribution in [1.82, 2.24) is 14.8 Å². The minimum atomic E-state index is -0.201. The summed E-state index contributed by atoms with van der Waals surface area (Å²) in [7, 11) is 0. The van der Waals surface area contributed by atoms with E-state index in [0.29, 0.717) is 11.5 Å². The van der Waals surface area contributed by atoms with E-state index in [1.165, 1.54) is 23.9 Å². The van der Waals surface area contributed by atoms with E-state index in [1.807, 2.05) is 30.5 Å². The van der Waals surface area contributed by atoms with Crippen molar-refractivity contribution in [2.45, 2.75) is 30.5 Å². The Labute approximate surface area is 163 Å². The Balaban J connectivity index is 1.51. The number of nitrogens with zero attached hydrogens (tertiary/aromatic N) is 3. The van der Waals surface area contributed by atoms with E-state index in [-0.39, 0.29) is 17.8 Å². The van der Waals surface area contributed by atoms with Crippen LogP contribution in [0.25, 0.3) is 0 Å². The van der Waals surface area contributed by atoms with Crippen LogP contribution >= 0.6 is 11.8 Å². The average Bonchev–Trinajstić information content (AvgIpc) is 3.00. The highest BCUT2D eigenvalue weighted by atomic mass is 32.2. The highest BCUT2D eigenvalue weighted by Crippen LogP contribution is 2.31. The van der Waals surface area contributed by atoms with Gasteiger partial charge in [-0.1, -0.05) is 12.1 Å². The third kappa shape index (κ3) is 4.01. The van der Waals surface area contributed by atoms with Crippen LogP contribution < -0.4 is 0 Å². The number of piperidine rings is 1. The van der Waals surface area contributed by atoms with Gasteiger partial charge in [-0.2, -0.15) is 0 Å². The first-order chi connectivity index (χ1) is 13.1. The number of amides is 1. The second-order valence-electron chi connectivity index (χ2n) is 7.44. The summed E-state index contributed by atoms with van der Waals surface area (Å²) in [5.74, 6) is 0.390. The van der Waals surface area contributed by atoms with Crippen LogP contribution in [0.3, 0.4) is 0 Å². The SMILES string of the molecule is CSc1ncccc1C(=O)N1C[C@H]2CC[C@@H]1CN(Cc1ccc(F)cc1)C2. The quantitative estimate of drug-likeness (QED) is 0.753. The third-order valence-corrected chi connectivity index (χ3v) is 6.28. The van der Waals surface area contributed by atoms with Gasteiger partial charge in [0.25, 0.3) is 5.91 Å². The number of carbonyl (C=O) groups excluding carboxylic acids is 1. The van der Waals surface area contributed by atoms with Crippen LogP contribution in [-0.2, 0) is 6.54 Å². The summed E-state index contributed by atoms with van der Waals surface area (Å²) in [6.07, 6.45) is 5.90. The molecule has 0 spiro atoms. The lowest BCUT2D eigenvalue weighted by atomic mass is 9.94. The Morgan fingerprint density at radius 3 is 2.78 bits per heavy atom. The number of hydrogen-bond acceptors (Lipinski definition) is 4. The number of aromatic nitrogens is 1. The molecule has 3 aliphatic rings. The molecule has 0 unspecified atom stereocenters. The lowest BCUT2D eigenvalue weighted by molar-refractivity contribution is 0.0580. The molecule has 3 saturated heterocycles. The highest BCUT2D eigenvalue weighted by molar-refractivity contribution is 7.98. The predicted octanol–water partition coefficient (Wildman–Crippen LogP) is 3.68. The molecular weight excluding hydrogens is 361 g/mol. The summed E-state index contributed by atoms with van der Waals surface area (Å²) in [6.45, 7) is 3.47. The standard InChI is InChI=1S/C21H24FN3OS/c1-27-20-19(3-2-10-23-20)21(26)25-13-16-6-9-18(25)14-24(12-16)11-15-4-7-17(22)8-5-15/h2-5,7-8,10,16,18H,6,9,11-14H2,1H3/t16-,18+/m0/s1. The van der Waals surface area contributed by atoms with E-state index >= 15 is 0 Å². The molecule has 1 amide bonds. The number of hydrogen-bond donors (Lipinski definition) is 0. The van der Waals surface area contributed by atoms with Gasteiger partial charge in [-0.25, -0.2) is 9.37 Å². The molecule has 2 bridgehead atoms. The van der Waals surface area contributed by atoms with Gasteiger partial charge in [0, 0.05) is 38.4 Å². The zero-order valence-electron chi connectivity index (χ0n) is 15.5. The molecule has 3 fully saturated rings. The Bertz CT molecular complexity index is 813. The summed E-state index contributed by atoms with van der Waals surface area (Å²) in [6, 6.07) is 10.7. The lowest BCUT2D eigenvalue weighted by Crippen LogP contribution is -2.47. The van der Waals surface area contributed by atoms with Gasteiger partial charge in [0.05, 0.1) is 5.56 Å². The maximum Gasteiger partial charge on any atom is 0.256 e. The van der Waals surface area contributed by atoms with Crippen LogP contribution in [0.4, 0.5) is 4.39 Å². The summed E-state index contributed by atoms with van der Waals surface area (Å²) in [4.78, 5) is 22.1. The van der Waals surface area contributed by atoms with Crippen molar-refractivity contribution in [3.8, 4) is 0 Å². The number of rotatable bonds is 4. The van der Waals surface area contributed by atoms with Gasteiger partial charge in [0.2, 0.25) is 0 Å². The van der Waals surface area contributed by atoms with E-state index in [9.17, 15) is 9.18 Å². The first-order valence-electron chi connectivity index (χ1n) is 9.41. The van der Waals surface area contributed by atoms with Crippen molar-refractivity contribution < 1.29 is 9.18 Å². The zero-order chi connectivity index (χ0) is 18.8.